The number of nitrogens with two attached hydrogens (primary N) is 1. The van der Waals surface area contributed by atoms with Gasteiger partial charge < -0.3 is 16.0 Å². The molecule has 1 saturated heterocycles. The van der Waals surface area contributed by atoms with E-state index < -0.39 is 0 Å². The van der Waals surface area contributed by atoms with Crippen molar-refractivity contribution >= 4 is 17.7 Å². The first-order chi connectivity index (χ1) is 10.5. The molecule has 3 unspecified atom stereocenters. The summed E-state index contributed by atoms with van der Waals surface area (Å²) in [5, 5.41) is 3.29. The number of hydrogen-bond acceptors (Lipinski definition) is 4. The minimum absolute atomic E-state index is 0.154. The third kappa shape index (κ3) is 3.17. The fourth-order valence-electron chi connectivity index (χ4n) is 4.65. The van der Waals surface area contributed by atoms with Gasteiger partial charge in [-0.2, -0.15) is 11.8 Å². The van der Waals surface area contributed by atoms with Gasteiger partial charge in [0.2, 0.25) is 5.91 Å². The molecule has 126 valence electrons. The zero-order chi connectivity index (χ0) is 15.7. The molecule has 22 heavy (non-hydrogen) atoms. The van der Waals surface area contributed by atoms with Crippen LogP contribution in [0.1, 0.15) is 38.5 Å². The van der Waals surface area contributed by atoms with Gasteiger partial charge in [0.15, 0.2) is 0 Å². The summed E-state index contributed by atoms with van der Waals surface area (Å²) in [6.07, 6.45) is 6.93. The molecule has 2 bridgehead atoms. The topological polar surface area (TPSA) is 58.4 Å². The lowest BCUT2D eigenvalue weighted by Crippen LogP contribution is -2.55. The normalized spacial score (nSPS) is 41.6. The fraction of sp³-hybridized carbons (Fsp3) is 0.941. The minimum atomic E-state index is 0.154. The van der Waals surface area contributed by atoms with E-state index in [1.165, 1.54) is 31.4 Å². The maximum absolute atomic E-state index is 12.7. The lowest BCUT2D eigenvalue weighted by atomic mass is 9.65. The molecule has 1 amide bonds. The number of likely N-dealkylation sites (N-methyl/N-ethyl adjacent to an activating group) is 1. The maximum atomic E-state index is 12.7. The summed E-state index contributed by atoms with van der Waals surface area (Å²) in [5.74, 6) is 3.96. The predicted octanol–water partition coefficient (Wildman–Crippen LogP) is 1.69. The molecule has 5 heteroatoms. The van der Waals surface area contributed by atoms with E-state index in [0.717, 1.165) is 25.1 Å². The van der Waals surface area contributed by atoms with Crippen molar-refractivity contribution in [3.63, 3.8) is 0 Å². The Balaban J connectivity index is 1.56. The highest BCUT2D eigenvalue weighted by Gasteiger charge is 2.42. The van der Waals surface area contributed by atoms with Crippen molar-refractivity contribution in [2.75, 3.05) is 32.1 Å². The molecule has 3 fully saturated rings. The van der Waals surface area contributed by atoms with Crippen molar-refractivity contribution in [3.8, 4) is 0 Å². The molecule has 1 heterocycles. The Morgan fingerprint density at radius 3 is 2.55 bits per heavy atom. The number of nitrogens with zero attached hydrogens (tertiary/aromatic N) is 1. The van der Waals surface area contributed by atoms with E-state index in [1.807, 2.05) is 11.8 Å². The number of nitrogens with one attached hydrogen (secondary N) is 1. The highest BCUT2D eigenvalue weighted by atomic mass is 32.2. The molecule has 0 spiro atoms. The van der Waals surface area contributed by atoms with Gasteiger partial charge in [0.1, 0.15) is 0 Å². The van der Waals surface area contributed by atoms with Crippen LogP contribution in [0.5, 0.6) is 0 Å². The SMILES string of the molecule is CN(C)C1(CNC(=O)C2CC3CCCC(C2)C3N)CCSC1. The third-order valence-electron chi connectivity index (χ3n) is 6.41. The summed E-state index contributed by atoms with van der Waals surface area (Å²) in [4.78, 5) is 15.0. The third-order valence-corrected chi connectivity index (χ3v) is 7.64. The van der Waals surface area contributed by atoms with Crippen molar-refractivity contribution in [2.24, 2.45) is 23.5 Å². The van der Waals surface area contributed by atoms with Crippen LogP contribution in [0.15, 0.2) is 0 Å². The fourth-order valence-corrected chi connectivity index (χ4v) is 6.20. The Hall–Kier alpha value is -0.260. The molecule has 0 aromatic rings. The largest absolute Gasteiger partial charge is 0.354 e. The van der Waals surface area contributed by atoms with Crippen LogP contribution in [0.4, 0.5) is 0 Å². The average molecular weight is 326 g/mol. The molecule has 3 atom stereocenters. The highest BCUT2D eigenvalue weighted by Crippen LogP contribution is 2.42. The Labute approximate surface area is 138 Å². The molecule has 1 aliphatic heterocycles. The summed E-state index contributed by atoms with van der Waals surface area (Å²) in [6, 6.07) is 0.345. The number of fused-ring (bicyclic) bond motifs is 2. The monoisotopic (exact) mass is 325 g/mol. The molecule has 0 radical (unpaired) electrons. The Bertz CT molecular complexity index is 395. The summed E-state index contributed by atoms with van der Waals surface area (Å²) in [7, 11) is 4.28. The first kappa shape index (κ1) is 16.6. The van der Waals surface area contributed by atoms with Gasteiger partial charge in [-0.05, 0) is 63.8 Å². The molecule has 3 aliphatic rings. The van der Waals surface area contributed by atoms with Crippen LogP contribution in [0, 0.1) is 17.8 Å². The van der Waals surface area contributed by atoms with E-state index in [1.54, 1.807) is 0 Å². The van der Waals surface area contributed by atoms with E-state index >= 15 is 0 Å². The van der Waals surface area contributed by atoms with Crippen molar-refractivity contribution in [1.82, 2.24) is 10.2 Å². The number of carbonyl (C=O) groups excluding carboxylic acids is 1. The molecular weight excluding hydrogens is 294 g/mol. The van der Waals surface area contributed by atoms with E-state index in [-0.39, 0.29) is 17.4 Å². The zero-order valence-electron chi connectivity index (χ0n) is 14.0. The lowest BCUT2D eigenvalue weighted by molar-refractivity contribution is -0.128. The summed E-state index contributed by atoms with van der Waals surface area (Å²) in [5.41, 5.74) is 6.49. The van der Waals surface area contributed by atoms with E-state index in [4.69, 9.17) is 5.73 Å². The van der Waals surface area contributed by atoms with Crippen LogP contribution in [0.2, 0.25) is 0 Å². The zero-order valence-corrected chi connectivity index (χ0v) is 14.8. The number of amides is 1. The van der Waals surface area contributed by atoms with Gasteiger partial charge >= 0.3 is 0 Å². The van der Waals surface area contributed by atoms with Crippen molar-refractivity contribution < 1.29 is 4.79 Å². The Kier molecular flexibility index (Phi) is 5.05. The average Bonchev–Trinajstić information content (AvgIpc) is 2.94. The van der Waals surface area contributed by atoms with Gasteiger partial charge in [-0.3, -0.25) is 4.79 Å². The summed E-state index contributed by atoms with van der Waals surface area (Å²) in [6.45, 7) is 0.795. The Morgan fingerprint density at radius 1 is 1.32 bits per heavy atom. The summed E-state index contributed by atoms with van der Waals surface area (Å²) < 4.78 is 0. The number of hydrogen-bond donors (Lipinski definition) is 2. The van der Waals surface area contributed by atoms with Crippen LogP contribution in [-0.2, 0) is 4.79 Å². The van der Waals surface area contributed by atoms with Gasteiger partial charge in [-0.25, -0.2) is 0 Å². The van der Waals surface area contributed by atoms with Crippen LogP contribution in [-0.4, -0.2) is 54.5 Å². The first-order valence-electron chi connectivity index (χ1n) is 8.80. The molecule has 0 aromatic heterocycles. The van der Waals surface area contributed by atoms with Gasteiger partial charge in [0.25, 0.3) is 0 Å². The van der Waals surface area contributed by atoms with E-state index in [0.29, 0.717) is 17.9 Å². The van der Waals surface area contributed by atoms with Crippen LogP contribution in [0.3, 0.4) is 0 Å². The minimum Gasteiger partial charge on any atom is -0.354 e. The van der Waals surface area contributed by atoms with Crippen LogP contribution in [0.25, 0.3) is 0 Å². The van der Waals surface area contributed by atoms with E-state index in [9.17, 15) is 4.79 Å². The number of thioether (sulfide) groups is 1. The maximum Gasteiger partial charge on any atom is 0.223 e. The molecular formula is C17H31N3OS. The first-order valence-corrected chi connectivity index (χ1v) is 9.96. The molecule has 2 saturated carbocycles. The number of carbonyl (C=O) groups is 1. The highest BCUT2D eigenvalue weighted by molar-refractivity contribution is 7.99. The van der Waals surface area contributed by atoms with Crippen LogP contribution < -0.4 is 11.1 Å². The molecule has 4 nitrogen and oxygen atoms in total. The van der Waals surface area contributed by atoms with Gasteiger partial charge in [-0.1, -0.05) is 6.42 Å². The lowest BCUT2D eigenvalue weighted by Gasteiger charge is -2.44. The van der Waals surface area contributed by atoms with Crippen LogP contribution >= 0.6 is 11.8 Å². The van der Waals surface area contributed by atoms with Crippen molar-refractivity contribution in [2.45, 2.75) is 50.1 Å². The van der Waals surface area contributed by atoms with Gasteiger partial charge in [0.05, 0.1) is 0 Å². The molecule has 3 N–H and O–H groups in total. The van der Waals surface area contributed by atoms with Gasteiger partial charge in [0, 0.05) is 29.8 Å². The number of rotatable bonds is 4. The Morgan fingerprint density at radius 2 is 2.00 bits per heavy atom. The van der Waals surface area contributed by atoms with Crippen molar-refractivity contribution in [1.29, 1.82) is 0 Å². The predicted molar refractivity (Wildman–Crippen MR) is 92.9 cm³/mol. The molecule has 2 aliphatic carbocycles. The van der Waals surface area contributed by atoms with E-state index in [2.05, 4.69) is 24.3 Å². The second kappa shape index (κ2) is 6.70. The van der Waals surface area contributed by atoms with Gasteiger partial charge in [-0.15, -0.1) is 0 Å². The summed E-state index contributed by atoms with van der Waals surface area (Å²) >= 11 is 2.00. The standard InChI is InChI=1S/C17H31N3OS/c1-20(2)17(6-7-22-11-17)10-19-16(21)14-8-12-4-3-5-13(9-14)15(12)18/h12-15H,3-11,18H2,1-2H3,(H,19,21). The van der Waals surface area contributed by atoms with Crippen molar-refractivity contribution in [3.05, 3.63) is 0 Å². The smallest absolute Gasteiger partial charge is 0.223 e. The second-order valence-electron chi connectivity index (χ2n) is 7.84. The molecule has 0 aromatic carbocycles. The second-order valence-corrected chi connectivity index (χ2v) is 8.94. The molecule has 3 rings (SSSR count). The quantitative estimate of drug-likeness (QED) is 0.826.